The third-order valence-corrected chi connectivity index (χ3v) is 7.19. The highest BCUT2D eigenvalue weighted by Crippen LogP contribution is 2.33. The van der Waals surface area contributed by atoms with Crippen molar-refractivity contribution in [2.75, 3.05) is 19.3 Å². The quantitative estimate of drug-likeness (QED) is 0.672. The van der Waals surface area contributed by atoms with Gasteiger partial charge in [-0.15, -0.1) is 11.3 Å². The number of hydrogen-bond donors (Lipinski definition) is 0. The molecule has 1 aliphatic rings. The van der Waals surface area contributed by atoms with E-state index in [4.69, 9.17) is 4.98 Å². The maximum atomic E-state index is 12.9. The van der Waals surface area contributed by atoms with Crippen LogP contribution in [0.15, 0.2) is 53.4 Å². The lowest BCUT2D eigenvalue weighted by atomic mass is 9.98. The molecular formula is C20H20N2O3S2. The van der Waals surface area contributed by atoms with Crippen molar-refractivity contribution >= 4 is 37.3 Å². The molecule has 0 aliphatic carbocycles. The Labute approximate surface area is 162 Å². The van der Waals surface area contributed by atoms with Gasteiger partial charge in [0.25, 0.3) is 5.91 Å². The van der Waals surface area contributed by atoms with Crippen LogP contribution in [0, 0.1) is 0 Å². The van der Waals surface area contributed by atoms with E-state index >= 15 is 0 Å². The van der Waals surface area contributed by atoms with Crippen LogP contribution in [0.25, 0.3) is 10.2 Å². The van der Waals surface area contributed by atoms with Gasteiger partial charge in [-0.2, -0.15) is 0 Å². The highest BCUT2D eigenvalue weighted by Gasteiger charge is 2.28. The maximum absolute atomic E-state index is 12.9. The van der Waals surface area contributed by atoms with Crippen LogP contribution in [-0.4, -0.2) is 43.6 Å². The molecule has 0 spiro atoms. The van der Waals surface area contributed by atoms with E-state index in [2.05, 4.69) is 6.07 Å². The van der Waals surface area contributed by atoms with E-state index in [1.54, 1.807) is 23.5 Å². The van der Waals surface area contributed by atoms with Crippen LogP contribution >= 0.6 is 11.3 Å². The van der Waals surface area contributed by atoms with Crippen molar-refractivity contribution in [3.63, 3.8) is 0 Å². The van der Waals surface area contributed by atoms with Gasteiger partial charge in [-0.1, -0.05) is 18.2 Å². The van der Waals surface area contributed by atoms with E-state index in [1.165, 1.54) is 12.1 Å². The standard InChI is InChI=1S/C20H20N2O3S2/c1-27(24,25)16-8-4-6-14(12-16)20(23)22-11-5-7-15(13-22)19-21-17-9-2-3-10-18(17)26-19/h2-4,6,8-10,12,15H,5,7,11,13H2,1H3/t15-/m1/s1. The lowest BCUT2D eigenvalue weighted by Gasteiger charge is -2.32. The molecule has 1 saturated heterocycles. The van der Waals surface area contributed by atoms with E-state index < -0.39 is 9.84 Å². The second-order valence-electron chi connectivity index (χ2n) is 6.91. The molecule has 0 unspecified atom stereocenters. The van der Waals surface area contributed by atoms with Gasteiger partial charge in [0.05, 0.1) is 20.1 Å². The number of carbonyl (C=O) groups is 1. The molecule has 1 atom stereocenters. The van der Waals surface area contributed by atoms with Crippen molar-refractivity contribution in [3.05, 3.63) is 59.1 Å². The zero-order valence-electron chi connectivity index (χ0n) is 15.0. The monoisotopic (exact) mass is 400 g/mol. The second-order valence-corrected chi connectivity index (χ2v) is 9.99. The minimum Gasteiger partial charge on any atom is -0.338 e. The van der Waals surface area contributed by atoms with Crippen LogP contribution in [0.5, 0.6) is 0 Å². The molecule has 1 fully saturated rings. The molecule has 140 valence electrons. The van der Waals surface area contributed by atoms with Crippen molar-refractivity contribution < 1.29 is 13.2 Å². The Morgan fingerprint density at radius 2 is 2.00 bits per heavy atom. The zero-order valence-corrected chi connectivity index (χ0v) is 16.6. The lowest BCUT2D eigenvalue weighted by molar-refractivity contribution is 0.0707. The summed E-state index contributed by atoms with van der Waals surface area (Å²) >= 11 is 1.69. The summed E-state index contributed by atoms with van der Waals surface area (Å²) < 4.78 is 24.7. The number of fused-ring (bicyclic) bond motifs is 1. The molecule has 0 N–H and O–H groups in total. The number of hydrogen-bond acceptors (Lipinski definition) is 5. The minimum atomic E-state index is -3.34. The zero-order chi connectivity index (χ0) is 19.0. The van der Waals surface area contributed by atoms with E-state index in [0.29, 0.717) is 18.7 Å². The van der Waals surface area contributed by atoms with Gasteiger partial charge in [0.2, 0.25) is 0 Å². The number of sulfone groups is 1. The first kappa shape index (κ1) is 18.1. The van der Waals surface area contributed by atoms with Gasteiger partial charge in [-0.3, -0.25) is 4.79 Å². The number of likely N-dealkylation sites (tertiary alicyclic amines) is 1. The Kier molecular flexibility index (Phi) is 4.74. The highest BCUT2D eigenvalue weighted by atomic mass is 32.2. The largest absolute Gasteiger partial charge is 0.338 e. The van der Waals surface area contributed by atoms with Crippen molar-refractivity contribution in [2.45, 2.75) is 23.7 Å². The normalized spacial score (nSPS) is 18.0. The van der Waals surface area contributed by atoms with Crippen molar-refractivity contribution in [3.8, 4) is 0 Å². The van der Waals surface area contributed by atoms with Gasteiger partial charge in [0.15, 0.2) is 9.84 Å². The van der Waals surface area contributed by atoms with Gasteiger partial charge in [-0.05, 0) is 43.2 Å². The van der Waals surface area contributed by atoms with Gasteiger partial charge in [-0.25, -0.2) is 13.4 Å². The highest BCUT2D eigenvalue weighted by molar-refractivity contribution is 7.90. The summed E-state index contributed by atoms with van der Waals surface area (Å²) in [6, 6.07) is 14.4. The predicted octanol–water partition coefficient (Wildman–Crippen LogP) is 3.72. The van der Waals surface area contributed by atoms with Crippen molar-refractivity contribution in [1.82, 2.24) is 9.88 Å². The predicted molar refractivity (Wildman–Crippen MR) is 107 cm³/mol. The smallest absolute Gasteiger partial charge is 0.253 e. The van der Waals surface area contributed by atoms with Gasteiger partial charge >= 0.3 is 0 Å². The number of para-hydroxylation sites is 1. The number of aromatic nitrogens is 1. The second kappa shape index (κ2) is 7.05. The van der Waals surface area contributed by atoms with Gasteiger partial charge < -0.3 is 4.90 Å². The summed E-state index contributed by atoms with van der Waals surface area (Å²) in [5.74, 6) is 0.101. The van der Waals surface area contributed by atoms with Crippen LogP contribution in [0.4, 0.5) is 0 Å². The summed E-state index contributed by atoms with van der Waals surface area (Å²) in [6.07, 6.45) is 3.08. The number of amides is 1. The lowest BCUT2D eigenvalue weighted by Crippen LogP contribution is -2.39. The molecule has 1 amide bonds. The number of piperidine rings is 1. The van der Waals surface area contributed by atoms with Gasteiger partial charge in [0, 0.05) is 30.8 Å². The first-order valence-electron chi connectivity index (χ1n) is 8.87. The fourth-order valence-corrected chi connectivity index (χ4v) is 5.23. The topological polar surface area (TPSA) is 67.3 Å². The van der Waals surface area contributed by atoms with Crippen LogP contribution < -0.4 is 0 Å². The Morgan fingerprint density at radius 3 is 2.78 bits per heavy atom. The SMILES string of the molecule is CS(=O)(=O)c1cccc(C(=O)N2CCC[C@@H](c3nc4ccccc4s3)C2)c1. The maximum Gasteiger partial charge on any atom is 0.253 e. The molecule has 0 bridgehead atoms. The van der Waals surface area contributed by atoms with E-state index in [0.717, 1.165) is 34.3 Å². The Morgan fingerprint density at radius 1 is 1.19 bits per heavy atom. The van der Waals surface area contributed by atoms with Crippen LogP contribution in [-0.2, 0) is 9.84 Å². The third kappa shape index (κ3) is 3.75. The molecule has 27 heavy (non-hydrogen) atoms. The van der Waals surface area contributed by atoms with Crippen LogP contribution in [0.3, 0.4) is 0 Å². The number of nitrogens with zero attached hydrogens (tertiary/aromatic N) is 2. The molecule has 0 radical (unpaired) electrons. The third-order valence-electron chi connectivity index (χ3n) is 4.88. The average Bonchev–Trinajstić information content (AvgIpc) is 3.11. The van der Waals surface area contributed by atoms with E-state index in [-0.39, 0.29) is 16.7 Å². The Hall–Kier alpha value is -2.25. The molecular weight excluding hydrogens is 380 g/mol. The molecule has 4 rings (SSSR count). The fraction of sp³-hybridized carbons (Fsp3) is 0.300. The van der Waals surface area contributed by atoms with E-state index in [1.807, 2.05) is 23.1 Å². The number of rotatable bonds is 3. The molecule has 2 aromatic carbocycles. The molecule has 1 aliphatic heterocycles. The summed E-state index contributed by atoms with van der Waals surface area (Å²) in [4.78, 5) is 19.7. The summed E-state index contributed by atoms with van der Waals surface area (Å²) in [5.41, 5.74) is 1.42. The van der Waals surface area contributed by atoms with Crippen LogP contribution in [0.1, 0.15) is 34.1 Å². The summed E-state index contributed by atoms with van der Waals surface area (Å²) in [5, 5.41) is 1.07. The fourth-order valence-electron chi connectivity index (χ4n) is 3.47. The first-order valence-corrected chi connectivity index (χ1v) is 11.6. The number of carbonyl (C=O) groups excluding carboxylic acids is 1. The van der Waals surface area contributed by atoms with E-state index in [9.17, 15) is 13.2 Å². The molecule has 1 aromatic heterocycles. The molecule has 5 nitrogen and oxygen atoms in total. The molecule has 7 heteroatoms. The summed E-state index contributed by atoms with van der Waals surface area (Å²) in [6.45, 7) is 1.30. The van der Waals surface area contributed by atoms with Crippen molar-refractivity contribution in [1.29, 1.82) is 0 Å². The number of thiazole rings is 1. The Balaban J connectivity index is 1.57. The Bertz CT molecular complexity index is 1070. The van der Waals surface area contributed by atoms with Crippen LogP contribution in [0.2, 0.25) is 0 Å². The van der Waals surface area contributed by atoms with Crippen molar-refractivity contribution in [2.24, 2.45) is 0 Å². The average molecular weight is 401 g/mol. The minimum absolute atomic E-state index is 0.119. The molecule has 0 saturated carbocycles. The first-order chi connectivity index (χ1) is 12.9. The molecule has 2 heterocycles. The number of benzene rings is 2. The summed E-state index contributed by atoms with van der Waals surface area (Å²) in [7, 11) is -3.34. The molecule has 3 aromatic rings. The van der Waals surface area contributed by atoms with Gasteiger partial charge in [0.1, 0.15) is 0 Å².